The van der Waals surface area contributed by atoms with Crippen molar-refractivity contribution in [1.29, 1.82) is 0 Å². The van der Waals surface area contributed by atoms with Gasteiger partial charge in [0.1, 0.15) is 11.5 Å². The molecule has 3 rings (SSSR count). The van der Waals surface area contributed by atoms with Gasteiger partial charge in [-0.1, -0.05) is 12.8 Å². The number of furan rings is 1. The molecule has 0 atom stereocenters. The molecular weight excluding hydrogens is 252 g/mol. The molecule has 0 unspecified atom stereocenters. The van der Waals surface area contributed by atoms with E-state index in [4.69, 9.17) is 4.42 Å². The Hall–Kier alpha value is -1.29. The van der Waals surface area contributed by atoms with Crippen molar-refractivity contribution in [1.82, 2.24) is 10.2 Å². The molecule has 2 fully saturated rings. The van der Waals surface area contributed by atoms with Crippen molar-refractivity contribution in [3.05, 3.63) is 23.7 Å². The van der Waals surface area contributed by atoms with E-state index in [-0.39, 0.29) is 5.91 Å². The maximum atomic E-state index is 12.4. The molecule has 0 aliphatic heterocycles. The third kappa shape index (κ3) is 3.42. The van der Waals surface area contributed by atoms with Gasteiger partial charge in [0.25, 0.3) is 0 Å². The van der Waals surface area contributed by atoms with Gasteiger partial charge in [-0.15, -0.1) is 0 Å². The number of aryl methyl sites for hydroxylation is 1. The average Bonchev–Trinajstić information content (AvgIpc) is 2.97. The number of nitrogens with one attached hydrogen (secondary N) is 1. The average molecular weight is 276 g/mol. The summed E-state index contributed by atoms with van der Waals surface area (Å²) in [6.45, 7) is 3.03. The third-order valence-electron chi connectivity index (χ3n) is 4.33. The van der Waals surface area contributed by atoms with E-state index in [1.165, 1.54) is 25.7 Å². The number of hydrogen-bond donors (Lipinski definition) is 1. The zero-order valence-electron chi connectivity index (χ0n) is 12.2. The van der Waals surface area contributed by atoms with Crippen LogP contribution in [0.15, 0.2) is 16.5 Å². The maximum Gasteiger partial charge on any atom is 0.237 e. The highest BCUT2D eigenvalue weighted by atomic mass is 16.3. The van der Waals surface area contributed by atoms with Crippen molar-refractivity contribution in [2.45, 2.75) is 64.1 Å². The van der Waals surface area contributed by atoms with Gasteiger partial charge >= 0.3 is 0 Å². The molecule has 0 bridgehead atoms. The second-order valence-corrected chi connectivity index (χ2v) is 6.13. The minimum absolute atomic E-state index is 0.216. The first-order chi connectivity index (χ1) is 9.72. The zero-order valence-corrected chi connectivity index (χ0v) is 12.2. The standard InChI is InChI=1S/C16H24N2O2/c1-12-6-9-15(20-12)11-18(14-7-8-14)16(19)10-17-13-4-2-3-5-13/h6,9,13-14,17H,2-5,7-8,10-11H2,1H3. The van der Waals surface area contributed by atoms with E-state index in [1.54, 1.807) is 0 Å². The van der Waals surface area contributed by atoms with E-state index in [1.807, 2.05) is 24.0 Å². The number of rotatable bonds is 6. The van der Waals surface area contributed by atoms with E-state index in [0.29, 0.717) is 25.2 Å². The lowest BCUT2D eigenvalue weighted by Crippen LogP contribution is -2.41. The van der Waals surface area contributed by atoms with Gasteiger partial charge < -0.3 is 14.6 Å². The van der Waals surface area contributed by atoms with Gasteiger partial charge in [-0.25, -0.2) is 0 Å². The van der Waals surface area contributed by atoms with Crippen LogP contribution in [0.2, 0.25) is 0 Å². The molecule has 110 valence electrons. The van der Waals surface area contributed by atoms with Crippen LogP contribution in [0.1, 0.15) is 50.0 Å². The van der Waals surface area contributed by atoms with Crippen molar-refractivity contribution in [2.75, 3.05) is 6.54 Å². The number of amides is 1. The van der Waals surface area contributed by atoms with E-state index in [9.17, 15) is 4.79 Å². The zero-order chi connectivity index (χ0) is 13.9. The molecule has 1 aromatic rings. The maximum absolute atomic E-state index is 12.4. The lowest BCUT2D eigenvalue weighted by molar-refractivity contribution is -0.131. The molecule has 1 amide bonds. The van der Waals surface area contributed by atoms with E-state index in [2.05, 4.69) is 5.32 Å². The van der Waals surface area contributed by atoms with Crippen molar-refractivity contribution in [3.63, 3.8) is 0 Å². The molecule has 2 saturated carbocycles. The molecule has 1 heterocycles. The molecule has 2 aliphatic rings. The Morgan fingerprint density at radius 3 is 2.65 bits per heavy atom. The summed E-state index contributed by atoms with van der Waals surface area (Å²) in [6.07, 6.45) is 7.29. The number of nitrogens with zero attached hydrogens (tertiary/aromatic N) is 1. The lowest BCUT2D eigenvalue weighted by atomic mass is 10.2. The largest absolute Gasteiger partial charge is 0.464 e. The highest BCUT2D eigenvalue weighted by Gasteiger charge is 2.33. The summed E-state index contributed by atoms with van der Waals surface area (Å²) in [5, 5.41) is 3.41. The summed E-state index contributed by atoms with van der Waals surface area (Å²) in [5.74, 6) is 2.02. The summed E-state index contributed by atoms with van der Waals surface area (Å²) in [6, 6.07) is 4.91. The Bertz CT molecular complexity index is 459. The Labute approximate surface area is 120 Å². The fourth-order valence-electron chi connectivity index (χ4n) is 3.01. The van der Waals surface area contributed by atoms with Gasteiger partial charge in [-0.2, -0.15) is 0 Å². The summed E-state index contributed by atoms with van der Waals surface area (Å²) in [7, 11) is 0. The Balaban J connectivity index is 1.54. The van der Waals surface area contributed by atoms with Gasteiger partial charge in [0.2, 0.25) is 5.91 Å². The van der Waals surface area contributed by atoms with Crippen molar-refractivity contribution >= 4 is 5.91 Å². The van der Waals surface area contributed by atoms with Gasteiger partial charge in [0, 0.05) is 12.1 Å². The van der Waals surface area contributed by atoms with Gasteiger partial charge in [-0.05, 0) is 44.7 Å². The van der Waals surface area contributed by atoms with Gasteiger partial charge in [0.15, 0.2) is 0 Å². The molecule has 4 nitrogen and oxygen atoms in total. The molecule has 1 aromatic heterocycles. The van der Waals surface area contributed by atoms with Crippen LogP contribution < -0.4 is 5.32 Å². The van der Waals surface area contributed by atoms with E-state index >= 15 is 0 Å². The van der Waals surface area contributed by atoms with Crippen LogP contribution in [0, 0.1) is 6.92 Å². The molecule has 20 heavy (non-hydrogen) atoms. The summed E-state index contributed by atoms with van der Waals surface area (Å²) in [5.41, 5.74) is 0. The van der Waals surface area contributed by atoms with Crippen LogP contribution in [0.3, 0.4) is 0 Å². The van der Waals surface area contributed by atoms with Crippen LogP contribution >= 0.6 is 0 Å². The van der Waals surface area contributed by atoms with Crippen LogP contribution in [-0.2, 0) is 11.3 Å². The van der Waals surface area contributed by atoms with Crippen LogP contribution in [0.5, 0.6) is 0 Å². The molecular formula is C16H24N2O2. The number of carbonyl (C=O) groups excluding carboxylic acids is 1. The predicted octanol–water partition coefficient (Wildman–Crippen LogP) is 2.61. The molecule has 0 aromatic carbocycles. The summed E-state index contributed by atoms with van der Waals surface area (Å²) < 4.78 is 5.61. The van der Waals surface area contributed by atoms with Crippen LogP contribution in [0.25, 0.3) is 0 Å². The SMILES string of the molecule is Cc1ccc(CN(C(=O)CNC2CCCC2)C2CC2)o1. The van der Waals surface area contributed by atoms with Gasteiger partial charge in [-0.3, -0.25) is 4.79 Å². The molecule has 0 saturated heterocycles. The quantitative estimate of drug-likeness (QED) is 0.868. The monoisotopic (exact) mass is 276 g/mol. The first kappa shape index (κ1) is 13.7. The van der Waals surface area contributed by atoms with Crippen LogP contribution in [-0.4, -0.2) is 29.4 Å². The van der Waals surface area contributed by atoms with Crippen molar-refractivity contribution < 1.29 is 9.21 Å². The minimum atomic E-state index is 0.216. The normalized spacial score (nSPS) is 19.4. The van der Waals surface area contributed by atoms with Crippen molar-refractivity contribution in [3.8, 4) is 0 Å². The lowest BCUT2D eigenvalue weighted by Gasteiger charge is -2.22. The van der Waals surface area contributed by atoms with Crippen LogP contribution in [0.4, 0.5) is 0 Å². The summed E-state index contributed by atoms with van der Waals surface area (Å²) >= 11 is 0. The second kappa shape index (κ2) is 6.00. The summed E-state index contributed by atoms with van der Waals surface area (Å²) in [4.78, 5) is 14.4. The Morgan fingerprint density at radius 1 is 1.30 bits per heavy atom. The second-order valence-electron chi connectivity index (χ2n) is 6.13. The highest BCUT2D eigenvalue weighted by molar-refractivity contribution is 5.79. The van der Waals surface area contributed by atoms with Gasteiger partial charge in [0.05, 0.1) is 13.1 Å². The fraction of sp³-hybridized carbons (Fsp3) is 0.688. The number of hydrogen-bond acceptors (Lipinski definition) is 3. The minimum Gasteiger partial charge on any atom is -0.464 e. The molecule has 1 N–H and O–H groups in total. The molecule has 4 heteroatoms. The van der Waals surface area contributed by atoms with E-state index in [0.717, 1.165) is 24.4 Å². The first-order valence-electron chi connectivity index (χ1n) is 7.80. The topological polar surface area (TPSA) is 45.5 Å². The molecule has 0 spiro atoms. The fourth-order valence-corrected chi connectivity index (χ4v) is 3.01. The van der Waals surface area contributed by atoms with E-state index < -0.39 is 0 Å². The molecule has 2 aliphatic carbocycles. The Morgan fingerprint density at radius 2 is 2.05 bits per heavy atom. The number of carbonyl (C=O) groups is 1. The highest BCUT2D eigenvalue weighted by Crippen LogP contribution is 2.28. The first-order valence-corrected chi connectivity index (χ1v) is 7.80. The third-order valence-corrected chi connectivity index (χ3v) is 4.33. The van der Waals surface area contributed by atoms with Crippen molar-refractivity contribution in [2.24, 2.45) is 0 Å². The predicted molar refractivity (Wildman–Crippen MR) is 77.3 cm³/mol. The Kier molecular flexibility index (Phi) is 4.10. The smallest absolute Gasteiger partial charge is 0.237 e. The molecule has 0 radical (unpaired) electrons.